The van der Waals surface area contributed by atoms with Crippen molar-refractivity contribution in [2.45, 2.75) is 25.0 Å². The van der Waals surface area contributed by atoms with Gasteiger partial charge in [-0.05, 0) is 31.4 Å². The van der Waals surface area contributed by atoms with Gasteiger partial charge in [0.25, 0.3) is 5.24 Å². The van der Waals surface area contributed by atoms with Crippen molar-refractivity contribution in [2.75, 3.05) is 13.1 Å². The van der Waals surface area contributed by atoms with Crippen LogP contribution in [0.2, 0.25) is 0 Å². The van der Waals surface area contributed by atoms with Crippen LogP contribution in [0.3, 0.4) is 0 Å². The average Bonchev–Trinajstić information content (AvgIpc) is 2.88. The van der Waals surface area contributed by atoms with Gasteiger partial charge in [0.15, 0.2) is 5.58 Å². The maximum absolute atomic E-state index is 12.0. The van der Waals surface area contributed by atoms with E-state index in [1.165, 1.54) is 18.2 Å². The number of para-hydroxylation sites is 2. The van der Waals surface area contributed by atoms with E-state index in [2.05, 4.69) is 4.98 Å². The number of carbonyl (C=O) groups is 1. The average molecular weight is 276 g/mol. The van der Waals surface area contributed by atoms with Gasteiger partial charge in [-0.25, -0.2) is 4.98 Å². The van der Waals surface area contributed by atoms with Crippen LogP contribution in [-0.4, -0.2) is 28.2 Å². The summed E-state index contributed by atoms with van der Waals surface area (Å²) < 4.78 is 5.60. The first-order valence-corrected chi connectivity index (χ1v) is 7.57. The molecular weight excluding hydrogens is 260 g/mol. The zero-order valence-electron chi connectivity index (χ0n) is 10.7. The minimum Gasteiger partial charge on any atom is -0.440 e. The quantitative estimate of drug-likeness (QED) is 0.839. The highest BCUT2D eigenvalue weighted by Gasteiger charge is 2.17. The Morgan fingerprint density at radius 1 is 1.26 bits per heavy atom. The number of benzene rings is 1. The molecule has 3 rings (SSSR count). The fourth-order valence-corrected chi connectivity index (χ4v) is 3.01. The van der Waals surface area contributed by atoms with E-state index in [1.807, 2.05) is 29.2 Å². The van der Waals surface area contributed by atoms with Gasteiger partial charge in [0, 0.05) is 13.1 Å². The molecule has 0 spiro atoms. The molecule has 0 bridgehead atoms. The van der Waals surface area contributed by atoms with Crippen molar-refractivity contribution in [3.05, 3.63) is 30.2 Å². The zero-order valence-corrected chi connectivity index (χ0v) is 11.5. The van der Waals surface area contributed by atoms with Gasteiger partial charge >= 0.3 is 0 Å². The highest BCUT2D eigenvalue weighted by Crippen LogP contribution is 2.22. The van der Waals surface area contributed by atoms with Crippen molar-refractivity contribution >= 4 is 28.1 Å². The van der Waals surface area contributed by atoms with Gasteiger partial charge in [-0.3, -0.25) is 4.79 Å². The van der Waals surface area contributed by atoms with Crippen LogP contribution in [0.4, 0.5) is 4.79 Å². The minimum atomic E-state index is 0.141. The second kappa shape index (κ2) is 5.65. The molecular formula is C14H16N2O2S. The summed E-state index contributed by atoms with van der Waals surface area (Å²) in [4.78, 5) is 18.3. The summed E-state index contributed by atoms with van der Waals surface area (Å²) in [6.45, 7) is 1.78. The highest BCUT2D eigenvalue weighted by atomic mass is 32.2. The molecule has 5 heteroatoms. The lowest BCUT2D eigenvalue weighted by molar-refractivity contribution is 0.211. The second-order valence-corrected chi connectivity index (χ2v) is 5.60. The number of fused-ring (bicyclic) bond motifs is 1. The van der Waals surface area contributed by atoms with Crippen molar-refractivity contribution in [1.29, 1.82) is 0 Å². The third-order valence-electron chi connectivity index (χ3n) is 3.27. The number of piperidine rings is 1. The van der Waals surface area contributed by atoms with Crippen molar-refractivity contribution in [3.8, 4) is 0 Å². The van der Waals surface area contributed by atoms with Gasteiger partial charge in [-0.1, -0.05) is 23.9 Å². The van der Waals surface area contributed by atoms with E-state index in [-0.39, 0.29) is 5.24 Å². The van der Waals surface area contributed by atoms with Crippen LogP contribution in [0.1, 0.15) is 25.2 Å². The first-order valence-electron chi connectivity index (χ1n) is 6.59. The molecule has 19 heavy (non-hydrogen) atoms. The second-order valence-electron chi connectivity index (χ2n) is 4.68. The Morgan fingerprint density at radius 2 is 2.05 bits per heavy atom. The first-order chi connectivity index (χ1) is 9.33. The molecule has 2 heterocycles. The topological polar surface area (TPSA) is 46.3 Å². The molecule has 1 aliphatic rings. The van der Waals surface area contributed by atoms with Crippen molar-refractivity contribution in [3.63, 3.8) is 0 Å². The molecule has 0 radical (unpaired) electrons. The maximum atomic E-state index is 12.0. The normalized spacial score (nSPS) is 15.9. The fourth-order valence-electron chi connectivity index (χ4n) is 2.27. The molecule has 1 saturated heterocycles. The molecule has 100 valence electrons. The van der Waals surface area contributed by atoms with E-state index >= 15 is 0 Å². The van der Waals surface area contributed by atoms with Gasteiger partial charge in [0.05, 0.1) is 5.75 Å². The van der Waals surface area contributed by atoms with Crippen LogP contribution in [0.25, 0.3) is 11.1 Å². The van der Waals surface area contributed by atoms with Crippen LogP contribution in [0.15, 0.2) is 28.7 Å². The molecule has 1 aromatic heterocycles. The van der Waals surface area contributed by atoms with Crippen LogP contribution in [0, 0.1) is 0 Å². The van der Waals surface area contributed by atoms with Crippen LogP contribution < -0.4 is 0 Å². The lowest BCUT2D eigenvalue weighted by atomic mass is 10.1. The van der Waals surface area contributed by atoms with E-state index in [0.717, 1.165) is 37.0 Å². The summed E-state index contributed by atoms with van der Waals surface area (Å²) in [5, 5.41) is 0.141. The first kappa shape index (κ1) is 12.5. The number of rotatable bonds is 2. The third kappa shape index (κ3) is 2.92. The largest absolute Gasteiger partial charge is 0.440 e. The minimum absolute atomic E-state index is 0.141. The van der Waals surface area contributed by atoms with Gasteiger partial charge in [-0.2, -0.15) is 0 Å². The fraction of sp³-hybridized carbons (Fsp3) is 0.429. The molecule has 0 aliphatic carbocycles. The Balaban J connectivity index is 1.60. The van der Waals surface area contributed by atoms with Gasteiger partial charge in [0.2, 0.25) is 5.89 Å². The Labute approximate surface area is 116 Å². The Morgan fingerprint density at radius 3 is 2.84 bits per heavy atom. The van der Waals surface area contributed by atoms with E-state index in [4.69, 9.17) is 4.42 Å². The van der Waals surface area contributed by atoms with Gasteiger partial charge in [-0.15, -0.1) is 0 Å². The number of thioether (sulfide) groups is 1. The molecule has 0 N–H and O–H groups in total. The summed E-state index contributed by atoms with van der Waals surface area (Å²) in [5.74, 6) is 1.13. The predicted molar refractivity (Wildman–Crippen MR) is 76.1 cm³/mol. The maximum Gasteiger partial charge on any atom is 0.282 e. The van der Waals surface area contributed by atoms with E-state index < -0.39 is 0 Å². The summed E-state index contributed by atoms with van der Waals surface area (Å²) in [5.41, 5.74) is 1.63. The molecule has 1 aromatic carbocycles. The molecule has 4 nitrogen and oxygen atoms in total. The van der Waals surface area contributed by atoms with Crippen LogP contribution in [-0.2, 0) is 5.75 Å². The van der Waals surface area contributed by atoms with Crippen molar-refractivity contribution in [1.82, 2.24) is 9.88 Å². The molecule has 1 aliphatic heterocycles. The van der Waals surface area contributed by atoms with Crippen LogP contribution >= 0.6 is 11.8 Å². The van der Waals surface area contributed by atoms with E-state index in [1.54, 1.807) is 0 Å². The van der Waals surface area contributed by atoms with Gasteiger partial charge in [0.1, 0.15) is 5.52 Å². The number of amides is 1. The number of oxazole rings is 1. The monoisotopic (exact) mass is 276 g/mol. The molecule has 0 atom stereocenters. The summed E-state index contributed by atoms with van der Waals surface area (Å²) in [6, 6.07) is 7.66. The summed E-state index contributed by atoms with van der Waals surface area (Å²) in [6.07, 6.45) is 3.48. The summed E-state index contributed by atoms with van der Waals surface area (Å²) >= 11 is 1.28. The predicted octanol–water partition coefficient (Wildman–Crippen LogP) is 3.67. The zero-order chi connectivity index (χ0) is 13.1. The summed E-state index contributed by atoms with van der Waals surface area (Å²) in [7, 11) is 0. The molecule has 1 amide bonds. The Hall–Kier alpha value is -1.49. The molecule has 1 fully saturated rings. The highest BCUT2D eigenvalue weighted by molar-refractivity contribution is 8.12. The Bertz CT molecular complexity index is 543. The number of nitrogens with zero attached hydrogens (tertiary/aromatic N) is 2. The Kier molecular flexibility index (Phi) is 3.73. The molecule has 0 unspecified atom stereocenters. The number of likely N-dealkylation sites (tertiary alicyclic amines) is 1. The smallest absolute Gasteiger partial charge is 0.282 e. The number of aromatic nitrogens is 1. The lowest BCUT2D eigenvalue weighted by Crippen LogP contribution is -2.32. The van der Waals surface area contributed by atoms with Gasteiger partial charge < -0.3 is 9.32 Å². The van der Waals surface area contributed by atoms with Crippen LogP contribution in [0.5, 0.6) is 0 Å². The number of hydrogen-bond donors (Lipinski definition) is 0. The van der Waals surface area contributed by atoms with E-state index in [9.17, 15) is 4.79 Å². The van der Waals surface area contributed by atoms with Crippen molar-refractivity contribution in [2.24, 2.45) is 0 Å². The van der Waals surface area contributed by atoms with Crippen molar-refractivity contribution < 1.29 is 9.21 Å². The van der Waals surface area contributed by atoms with E-state index in [0.29, 0.717) is 11.6 Å². The number of hydrogen-bond acceptors (Lipinski definition) is 4. The third-order valence-corrected chi connectivity index (χ3v) is 4.17. The lowest BCUT2D eigenvalue weighted by Gasteiger charge is -2.25. The number of carbonyl (C=O) groups excluding carboxylic acids is 1. The SMILES string of the molecule is O=C(SCc1nc2ccccc2o1)N1CCCCC1. The standard InChI is InChI=1S/C14H16N2O2S/c17-14(16-8-4-1-5-9-16)19-10-13-15-11-6-2-3-7-12(11)18-13/h2-3,6-7H,1,4-5,8-10H2. The molecule has 0 saturated carbocycles. The molecule has 2 aromatic rings.